The van der Waals surface area contributed by atoms with E-state index in [1.807, 2.05) is 6.92 Å². The van der Waals surface area contributed by atoms with Crippen LogP contribution >= 0.6 is 11.6 Å². The molecule has 0 aliphatic carbocycles. The van der Waals surface area contributed by atoms with Crippen LogP contribution in [-0.4, -0.2) is 19.9 Å². The van der Waals surface area contributed by atoms with Gasteiger partial charge in [0.1, 0.15) is 5.02 Å². The summed E-state index contributed by atoms with van der Waals surface area (Å²) in [5.74, 6) is 0.973. The van der Waals surface area contributed by atoms with Crippen molar-refractivity contribution in [3.05, 3.63) is 33.3 Å². The summed E-state index contributed by atoms with van der Waals surface area (Å²) in [6, 6.07) is 0. The van der Waals surface area contributed by atoms with E-state index in [2.05, 4.69) is 20.6 Å². The van der Waals surface area contributed by atoms with Crippen molar-refractivity contribution in [1.82, 2.24) is 19.9 Å². The van der Waals surface area contributed by atoms with E-state index in [9.17, 15) is 4.79 Å². The molecular weight excluding hydrogens is 258 g/mol. The molecule has 1 N–H and O–H groups in total. The highest BCUT2D eigenvalue weighted by atomic mass is 35.5. The standard InChI is InChI=1S/C10H12ClN5O2/c1-3-16-10(17)9(11)7(4-13-16)12-5-8-14-6(2)15-18-8/h4,12H,3,5H2,1-2H3. The molecule has 2 aromatic heterocycles. The monoisotopic (exact) mass is 269 g/mol. The first-order valence-electron chi connectivity index (χ1n) is 5.40. The van der Waals surface area contributed by atoms with E-state index in [4.69, 9.17) is 16.1 Å². The fraction of sp³-hybridized carbons (Fsp3) is 0.400. The first-order valence-corrected chi connectivity index (χ1v) is 5.78. The van der Waals surface area contributed by atoms with Gasteiger partial charge >= 0.3 is 0 Å². The van der Waals surface area contributed by atoms with Gasteiger partial charge in [-0.2, -0.15) is 10.1 Å². The summed E-state index contributed by atoms with van der Waals surface area (Å²) in [5, 5.41) is 10.7. The van der Waals surface area contributed by atoms with Crippen LogP contribution < -0.4 is 10.9 Å². The van der Waals surface area contributed by atoms with Crippen LogP contribution in [0.1, 0.15) is 18.6 Å². The number of aryl methyl sites for hydroxylation is 2. The Balaban J connectivity index is 2.15. The van der Waals surface area contributed by atoms with Gasteiger partial charge in [0.25, 0.3) is 5.56 Å². The largest absolute Gasteiger partial charge is 0.373 e. The first-order chi connectivity index (χ1) is 8.61. The number of hydrogen-bond acceptors (Lipinski definition) is 6. The van der Waals surface area contributed by atoms with Gasteiger partial charge in [-0.15, -0.1) is 0 Å². The molecule has 0 fully saturated rings. The molecule has 0 aliphatic heterocycles. The Morgan fingerprint density at radius 1 is 1.56 bits per heavy atom. The molecule has 0 bridgehead atoms. The van der Waals surface area contributed by atoms with Crippen molar-refractivity contribution in [3.63, 3.8) is 0 Å². The first kappa shape index (κ1) is 12.6. The Morgan fingerprint density at radius 3 is 2.94 bits per heavy atom. The molecule has 0 spiro atoms. The van der Waals surface area contributed by atoms with Gasteiger partial charge in [0.05, 0.1) is 18.4 Å². The normalized spacial score (nSPS) is 10.6. The predicted octanol–water partition coefficient (Wildman–Crippen LogP) is 1.22. The Kier molecular flexibility index (Phi) is 3.61. The van der Waals surface area contributed by atoms with Gasteiger partial charge in [0, 0.05) is 6.54 Å². The summed E-state index contributed by atoms with van der Waals surface area (Å²) in [6.07, 6.45) is 1.50. The fourth-order valence-corrected chi connectivity index (χ4v) is 1.61. The second-order valence-corrected chi connectivity index (χ2v) is 3.96. The maximum absolute atomic E-state index is 11.7. The molecule has 0 amide bonds. The minimum absolute atomic E-state index is 0.100. The third-order valence-electron chi connectivity index (χ3n) is 2.28. The van der Waals surface area contributed by atoms with Crippen molar-refractivity contribution in [2.24, 2.45) is 0 Å². The molecule has 2 heterocycles. The Bertz CT molecular complexity index is 607. The number of nitrogens with zero attached hydrogens (tertiary/aromatic N) is 4. The molecule has 7 nitrogen and oxygen atoms in total. The highest BCUT2D eigenvalue weighted by Crippen LogP contribution is 2.15. The lowest BCUT2D eigenvalue weighted by atomic mass is 10.4. The Hall–Kier alpha value is -1.89. The summed E-state index contributed by atoms with van der Waals surface area (Å²) in [7, 11) is 0. The van der Waals surface area contributed by atoms with Gasteiger partial charge in [-0.05, 0) is 13.8 Å². The summed E-state index contributed by atoms with van der Waals surface area (Å²) in [4.78, 5) is 15.7. The van der Waals surface area contributed by atoms with Gasteiger partial charge in [-0.1, -0.05) is 16.8 Å². The second-order valence-electron chi connectivity index (χ2n) is 3.58. The Labute approximate surface area is 108 Å². The highest BCUT2D eigenvalue weighted by Gasteiger charge is 2.09. The summed E-state index contributed by atoms with van der Waals surface area (Å²) in [5.41, 5.74) is 0.119. The summed E-state index contributed by atoms with van der Waals surface area (Å²) >= 11 is 5.95. The van der Waals surface area contributed by atoms with Crippen LogP contribution in [0, 0.1) is 6.92 Å². The molecule has 0 aliphatic rings. The molecule has 0 radical (unpaired) electrons. The van der Waals surface area contributed by atoms with Gasteiger partial charge in [0.15, 0.2) is 5.82 Å². The number of halogens is 1. The van der Waals surface area contributed by atoms with Crippen LogP contribution in [0.15, 0.2) is 15.5 Å². The molecule has 0 unspecified atom stereocenters. The zero-order chi connectivity index (χ0) is 13.1. The zero-order valence-corrected chi connectivity index (χ0v) is 10.7. The van der Waals surface area contributed by atoms with Gasteiger partial charge in [0.2, 0.25) is 5.89 Å². The molecule has 0 saturated carbocycles. The van der Waals surface area contributed by atoms with Crippen molar-refractivity contribution in [1.29, 1.82) is 0 Å². The summed E-state index contributed by atoms with van der Waals surface area (Å²) < 4.78 is 6.21. The average molecular weight is 270 g/mol. The minimum atomic E-state index is -0.328. The van der Waals surface area contributed by atoms with Gasteiger partial charge in [-0.3, -0.25) is 4.79 Å². The topological polar surface area (TPSA) is 85.8 Å². The van der Waals surface area contributed by atoms with E-state index in [0.717, 1.165) is 0 Å². The van der Waals surface area contributed by atoms with Crippen molar-refractivity contribution < 1.29 is 4.52 Å². The maximum Gasteiger partial charge on any atom is 0.287 e. The van der Waals surface area contributed by atoms with E-state index in [1.54, 1.807) is 6.92 Å². The quantitative estimate of drug-likeness (QED) is 0.898. The third-order valence-corrected chi connectivity index (χ3v) is 2.65. The van der Waals surface area contributed by atoms with E-state index in [0.29, 0.717) is 23.9 Å². The molecule has 0 aromatic carbocycles. The molecule has 96 valence electrons. The number of aromatic nitrogens is 4. The van der Waals surface area contributed by atoms with E-state index in [-0.39, 0.29) is 17.1 Å². The van der Waals surface area contributed by atoms with E-state index >= 15 is 0 Å². The fourth-order valence-electron chi connectivity index (χ4n) is 1.40. The molecule has 2 aromatic rings. The lowest BCUT2D eigenvalue weighted by Gasteiger charge is -2.07. The third kappa shape index (κ3) is 2.51. The van der Waals surface area contributed by atoms with Crippen LogP contribution in [0.2, 0.25) is 5.02 Å². The van der Waals surface area contributed by atoms with E-state index < -0.39 is 0 Å². The number of anilines is 1. The van der Waals surface area contributed by atoms with Crippen LogP contribution in [0.25, 0.3) is 0 Å². The van der Waals surface area contributed by atoms with Crippen molar-refractivity contribution in [2.45, 2.75) is 26.9 Å². The van der Waals surface area contributed by atoms with Crippen LogP contribution in [0.4, 0.5) is 5.69 Å². The molecule has 18 heavy (non-hydrogen) atoms. The lowest BCUT2D eigenvalue weighted by Crippen LogP contribution is -2.23. The number of hydrogen-bond donors (Lipinski definition) is 1. The van der Waals surface area contributed by atoms with E-state index in [1.165, 1.54) is 10.9 Å². The zero-order valence-electron chi connectivity index (χ0n) is 9.97. The van der Waals surface area contributed by atoms with Crippen LogP contribution in [0.3, 0.4) is 0 Å². The van der Waals surface area contributed by atoms with Gasteiger partial charge < -0.3 is 9.84 Å². The number of nitrogens with one attached hydrogen (secondary N) is 1. The van der Waals surface area contributed by atoms with Crippen LogP contribution in [0.5, 0.6) is 0 Å². The summed E-state index contributed by atoms with van der Waals surface area (Å²) in [6.45, 7) is 4.31. The molecule has 0 atom stereocenters. The number of rotatable bonds is 4. The molecular formula is C10H12ClN5O2. The maximum atomic E-state index is 11.7. The van der Waals surface area contributed by atoms with Crippen molar-refractivity contribution >= 4 is 17.3 Å². The predicted molar refractivity (Wildman–Crippen MR) is 65.5 cm³/mol. The average Bonchev–Trinajstić information content (AvgIpc) is 2.77. The minimum Gasteiger partial charge on any atom is -0.373 e. The lowest BCUT2D eigenvalue weighted by molar-refractivity contribution is 0.379. The molecule has 8 heteroatoms. The highest BCUT2D eigenvalue weighted by molar-refractivity contribution is 6.32. The molecule has 2 rings (SSSR count). The van der Waals surface area contributed by atoms with Crippen molar-refractivity contribution in [3.8, 4) is 0 Å². The van der Waals surface area contributed by atoms with Crippen LogP contribution in [-0.2, 0) is 13.1 Å². The Morgan fingerprint density at radius 2 is 2.33 bits per heavy atom. The molecule has 0 saturated heterocycles. The smallest absolute Gasteiger partial charge is 0.287 e. The second kappa shape index (κ2) is 5.18. The SMILES string of the molecule is CCn1ncc(NCc2nc(C)no2)c(Cl)c1=O. The van der Waals surface area contributed by atoms with Crippen molar-refractivity contribution in [2.75, 3.05) is 5.32 Å². The van der Waals surface area contributed by atoms with Gasteiger partial charge in [-0.25, -0.2) is 4.68 Å².